The number of benzene rings is 2. The van der Waals surface area contributed by atoms with E-state index >= 15 is 4.39 Å². The fraction of sp³-hybridized carbons (Fsp3) is 0.487. The van der Waals surface area contributed by atoms with Gasteiger partial charge < -0.3 is 26.0 Å². The van der Waals surface area contributed by atoms with Crippen molar-refractivity contribution in [3.8, 4) is 11.1 Å². The SMILES string of the molecule is CCc1nc2c(cnn2CC)c(NC2CCOCC2)c1CNC(=O)CC(=O)NCc1ccc(F)c(-c2cccc(CN3C[C@@H](C)N[C@@H](C)C3)c2)c1. The van der Waals surface area contributed by atoms with E-state index in [1.807, 2.05) is 42.9 Å². The Labute approximate surface area is 299 Å². The van der Waals surface area contributed by atoms with Gasteiger partial charge in [0.05, 0.1) is 17.3 Å². The van der Waals surface area contributed by atoms with E-state index in [0.717, 1.165) is 77.1 Å². The third-order valence-corrected chi connectivity index (χ3v) is 9.76. The highest BCUT2D eigenvalue weighted by molar-refractivity contribution is 5.97. The molecule has 2 aliphatic rings. The van der Waals surface area contributed by atoms with Gasteiger partial charge in [-0.05, 0) is 74.9 Å². The monoisotopic (exact) mass is 698 g/mol. The summed E-state index contributed by atoms with van der Waals surface area (Å²) in [5.41, 5.74) is 6.67. The lowest BCUT2D eigenvalue weighted by Gasteiger charge is -2.36. The highest BCUT2D eigenvalue weighted by atomic mass is 19.1. The van der Waals surface area contributed by atoms with Gasteiger partial charge in [0.1, 0.15) is 12.2 Å². The molecule has 11 nitrogen and oxygen atoms in total. The number of rotatable bonds is 13. The van der Waals surface area contributed by atoms with Crippen molar-refractivity contribution in [2.24, 2.45) is 0 Å². The van der Waals surface area contributed by atoms with Crippen LogP contribution in [0, 0.1) is 5.82 Å². The maximum Gasteiger partial charge on any atom is 0.229 e. The molecule has 4 N–H and O–H groups in total. The minimum absolute atomic E-state index is 0.177. The van der Waals surface area contributed by atoms with Crippen LogP contribution in [0.3, 0.4) is 0 Å². The number of ether oxygens (including phenoxy) is 1. The molecule has 2 amide bonds. The van der Waals surface area contributed by atoms with E-state index in [1.54, 1.807) is 12.1 Å². The van der Waals surface area contributed by atoms with Gasteiger partial charge in [0.2, 0.25) is 11.8 Å². The number of aryl methyl sites for hydroxylation is 2. The van der Waals surface area contributed by atoms with Crippen molar-refractivity contribution in [3.05, 3.63) is 76.9 Å². The molecule has 2 saturated heterocycles. The first-order valence-electron chi connectivity index (χ1n) is 18.3. The number of fused-ring (bicyclic) bond motifs is 1. The van der Waals surface area contributed by atoms with Gasteiger partial charge in [0.25, 0.3) is 0 Å². The fourth-order valence-corrected chi connectivity index (χ4v) is 7.33. The Bertz CT molecular complexity index is 1830. The van der Waals surface area contributed by atoms with Crippen molar-refractivity contribution in [1.29, 1.82) is 0 Å². The summed E-state index contributed by atoms with van der Waals surface area (Å²) in [4.78, 5) is 33.3. The predicted molar refractivity (Wildman–Crippen MR) is 198 cm³/mol. The Hall–Kier alpha value is -4.39. The zero-order chi connectivity index (χ0) is 35.9. The van der Waals surface area contributed by atoms with Crippen LogP contribution in [0.5, 0.6) is 0 Å². The first-order chi connectivity index (χ1) is 24.7. The molecule has 2 aromatic heterocycles. The zero-order valence-electron chi connectivity index (χ0n) is 30.2. The van der Waals surface area contributed by atoms with Crippen LogP contribution in [0.1, 0.15) is 69.3 Å². The van der Waals surface area contributed by atoms with Gasteiger partial charge in [-0.1, -0.05) is 31.2 Å². The molecule has 12 heteroatoms. The average molecular weight is 699 g/mol. The summed E-state index contributed by atoms with van der Waals surface area (Å²) in [6.07, 6.45) is 3.95. The van der Waals surface area contributed by atoms with Crippen molar-refractivity contribution < 1.29 is 18.7 Å². The van der Waals surface area contributed by atoms with Crippen molar-refractivity contribution in [1.82, 2.24) is 35.6 Å². The van der Waals surface area contributed by atoms with Crippen LogP contribution in [0.4, 0.5) is 10.1 Å². The van der Waals surface area contributed by atoms with Crippen LogP contribution in [-0.2, 0) is 46.9 Å². The average Bonchev–Trinajstić information content (AvgIpc) is 3.53. The lowest BCUT2D eigenvalue weighted by atomic mass is 9.99. The van der Waals surface area contributed by atoms with E-state index in [9.17, 15) is 9.59 Å². The van der Waals surface area contributed by atoms with E-state index in [2.05, 4.69) is 51.2 Å². The Morgan fingerprint density at radius 1 is 0.980 bits per heavy atom. The summed E-state index contributed by atoms with van der Waals surface area (Å²) in [5.74, 6) is -1.12. The summed E-state index contributed by atoms with van der Waals surface area (Å²) in [6, 6.07) is 13.9. The van der Waals surface area contributed by atoms with Crippen LogP contribution in [0.2, 0.25) is 0 Å². The number of piperazine rings is 1. The summed E-state index contributed by atoms with van der Waals surface area (Å²) in [7, 11) is 0. The van der Waals surface area contributed by atoms with Crippen LogP contribution in [0.15, 0.2) is 48.7 Å². The van der Waals surface area contributed by atoms with Crippen molar-refractivity contribution in [2.75, 3.05) is 31.6 Å². The minimum atomic E-state index is -0.408. The number of nitrogens with zero attached hydrogens (tertiary/aromatic N) is 4. The minimum Gasteiger partial charge on any atom is -0.381 e. The van der Waals surface area contributed by atoms with E-state index in [1.165, 1.54) is 6.07 Å². The Morgan fingerprint density at radius 3 is 2.45 bits per heavy atom. The van der Waals surface area contributed by atoms with Crippen LogP contribution >= 0.6 is 0 Å². The molecular formula is C39H51FN8O3. The number of aromatic nitrogens is 3. The standard InChI is InChI=1S/C39H51FN8O3/c1-5-35-32(38(45-30-12-14-51-15-13-30)33-21-43-48(6-2)39(33)46-35)20-42-37(50)18-36(49)41-19-27-10-11-34(40)31(17-27)29-9-7-8-28(16-29)24-47-22-25(3)44-26(4)23-47/h7-11,16-17,21,25-26,30,44H,5-6,12-15,18-20,22-24H2,1-4H3,(H,41,49)(H,42,50)(H,45,46)/t25-,26+. The Kier molecular flexibility index (Phi) is 12.0. The largest absolute Gasteiger partial charge is 0.381 e. The van der Waals surface area contributed by atoms with E-state index in [-0.39, 0.29) is 37.3 Å². The van der Waals surface area contributed by atoms with E-state index in [4.69, 9.17) is 9.72 Å². The topological polar surface area (TPSA) is 125 Å². The molecule has 2 aliphatic heterocycles. The molecule has 2 fully saturated rings. The zero-order valence-corrected chi connectivity index (χ0v) is 30.2. The molecule has 0 saturated carbocycles. The van der Waals surface area contributed by atoms with E-state index < -0.39 is 5.91 Å². The molecule has 51 heavy (non-hydrogen) atoms. The second-order valence-electron chi connectivity index (χ2n) is 13.9. The van der Waals surface area contributed by atoms with Gasteiger partial charge in [0.15, 0.2) is 5.65 Å². The maximum absolute atomic E-state index is 15.1. The molecule has 4 aromatic rings. The van der Waals surface area contributed by atoms with Gasteiger partial charge in [-0.15, -0.1) is 0 Å². The Balaban J connectivity index is 1.07. The maximum atomic E-state index is 15.1. The number of anilines is 1. The van der Waals surface area contributed by atoms with Gasteiger partial charge in [-0.3, -0.25) is 14.5 Å². The molecule has 0 radical (unpaired) electrons. The predicted octanol–water partition coefficient (Wildman–Crippen LogP) is 4.92. The number of halogens is 1. The number of hydrogen-bond donors (Lipinski definition) is 4. The summed E-state index contributed by atoms with van der Waals surface area (Å²) < 4.78 is 22.5. The highest BCUT2D eigenvalue weighted by Gasteiger charge is 2.23. The molecule has 2 atom stereocenters. The highest BCUT2D eigenvalue weighted by Crippen LogP contribution is 2.31. The smallest absolute Gasteiger partial charge is 0.229 e. The normalized spacial score (nSPS) is 18.5. The number of amides is 2. The molecule has 0 aliphatic carbocycles. The summed E-state index contributed by atoms with van der Waals surface area (Å²) in [6.45, 7) is 13.7. The first-order valence-corrected chi connectivity index (χ1v) is 18.3. The van der Waals surface area contributed by atoms with Crippen molar-refractivity contribution in [3.63, 3.8) is 0 Å². The third kappa shape index (κ3) is 9.10. The van der Waals surface area contributed by atoms with Crippen LogP contribution in [-0.4, -0.2) is 75.9 Å². The lowest BCUT2D eigenvalue weighted by molar-refractivity contribution is -0.129. The quantitative estimate of drug-likeness (QED) is 0.145. The van der Waals surface area contributed by atoms with Gasteiger partial charge in [-0.25, -0.2) is 14.1 Å². The van der Waals surface area contributed by atoms with Gasteiger partial charge in [-0.2, -0.15) is 5.10 Å². The number of pyridine rings is 1. The summed E-state index contributed by atoms with van der Waals surface area (Å²) in [5, 5.41) is 18.5. The second-order valence-corrected chi connectivity index (χ2v) is 13.9. The first kappa shape index (κ1) is 36.4. The molecule has 2 aromatic carbocycles. The van der Waals surface area contributed by atoms with Crippen molar-refractivity contribution in [2.45, 2.75) is 97.7 Å². The van der Waals surface area contributed by atoms with Gasteiger partial charge >= 0.3 is 0 Å². The number of nitrogens with one attached hydrogen (secondary N) is 4. The molecule has 6 rings (SSSR count). The van der Waals surface area contributed by atoms with Crippen LogP contribution in [0.25, 0.3) is 22.2 Å². The number of carbonyl (C=O) groups excluding carboxylic acids is 2. The van der Waals surface area contributed by atoms with Crippen molar-refractivity contribution >= 4 is 28.5 Å². The molecule has 0 bridgehead atoms. The fourth-order valence-electron chi connectivity index (χ4n) is 7.33. The third-order valence-electron chi connectivity index (χ3n) is 9.76. The van der Waals surface area contributed by atoms with Crippen LogP contribution < -0.4 is 21.3 Å². The molecule has 0 spiro atoms. The Morgan fingerprint density at radius 2 is 1.73 bits per heavy atom. The summed E-state index contributed by atoms with van der Waals surface area (Å²) >= 11 is 0. The number of hydrogen-bond acceptors (Lipinski definition) is 8. The van der Waals surface area contributed by atoms with Gasteiger partial charge in [0, 0.05) is 87.4 Å². The van der Waals surface area contributed by atoms with E-state index in [0.29, 0.717) is 43.8 Å². The number of carbonyl (C=O) groups is 2. The lowest BCUT2D eigenvalue weighted by Crippen LogP contribution is -2.53. The molecule has 272 valence electrons. The molecular weight excluding hydrogens is 647 g/mol. The second kappa shape index (κ2) is 16.8. The molecule has 0 unspecified atom stereocenters. The molecule has 4 heterocycles.